The van der Waals surface area contributed by atoms with Crippen molar-refractivity contribution in [3.8, 4) is 5.75 Å². The summed E-state index contributed by atoms with van der Waals surface area (Å²) >= 11 is 0. The van der Waals surface area contributed by atoms with E-state index >= 15 is 0 Å². The van der Waals surface area contributed by atoms with E-state index < -0.39 is 4.92 Å². The Bertz CT molecular complexity index is 880. The summed E-state index contributed by atoms with van der Waals surface area (Å²) < 4.78 is 11.3. The fraction of sp³-hybridized carbons (Fsp3) is 0.560. The number of amides is 1. The molecule has 0 aliphatic heterocycles. The van der Waals surface area contributed by atoms with E-state index in [1.54, 1.807) is 31.2 Å². The lowest BCUT2D eigenvalue weighted by atomic mass is 9.98. The number of nitro groups is 1. The third kappa shape index (κ3) is 7.39. The molecule has 1 aromatic carbocycles. The molecule has 0 bridgehead atoms. The average Bonchev–Trinajstić information content (AvgIpc) is 3.24. The van der Waals surface area contributed by atoms with E-state index in [0.29, 0.717) is 5.76 Å². The number of rotatable bonds is 6. The first-order valence-corrected chi connectivity index (χ1v) is 11.8. The van der Waals surface area contributed by atoms with E-state index in [2.05, 4.69) is 5.32 Å². The molecule has 1 amide bonds. The van der Waals surface area contributed by atoms with Gasteiger partial charge in [0, 0.05) is 12.1 Å². The highest BCUT2D eigenvalue weighted by Crippen LogP contribution is 2.28. The van der Waals surface area contributed by atoms with Crippen LogP contribution in [-0.2, 0) is 6.61 Å². The van der Waals surface area contributed by atoms with Crippen LogP contribution in [0.2, 0.25) is 0 Å². The van der Waals surface area contributed by atoms with Crippen molar-refractivity contribution in [3.63, 3.8) is 0 Å². The normalized spacial score (nSPS) is 16.5. The largest absolute Gasteiger partial charge is 0.479 e. The summed E-state index contributed by atoms with van der Waals surface area (Å²) in [6.07, 6.45) is 13.3. The number of hydrogen-bond acceptors (Lipinski definition) is 5. The van der Waals surface area contributed by atoms with Gasteiger partial charge in [0.15, 0.2) is 11.5 Å². The van der Waals surface area contributed by atoms with Crippen molar-refractivity contribution < 1.29 is 18.9 Å². The van der Waals surface area contributed by atoms with Gasteiger partial charge in [0.2, 0.25) is 0 Å². The molecule has 1 heterocycles. The molecule has 0 atom stereocenters. The van der Waals surface area contributed by atoms with Crippen molar-refractivity contribution in [2.24, 2.45) is 0 Å². The van der Waals surface area contributed by atoms with Crippen LogP contribution in [0, 0.1) is 17.0 Å². The molecule has 1 fully saturated rings. The molecule has 1 N–H and O–H groups in total. The lowest BCUT2D eigenvalue weighted by molar-refractivity contribution is -0.386. The van der Waals surface area contributed by atoms with Gasteiger partial charge >= 0.3 is 5.69 Å². The summed E-state index contributed by atoms with van der Waals surface area (Å²) in [5.41, 5.74) is 0.699. The van der Waals surface area contributed by atoms with Crippen molar-refractivity contribution in [2.45, 2.75) is 90.2 Å². The number of carbonyl (C=O) groups excluding carboxylic acids is 1. The van der Waals surface area contributed by atoms with Crippen molar-refractivity contribution in [1.29, 1.82) is 0 Å². The van der Waals surface area contributed by atoms with Crippen LogP contribution in [0.5, 0.6) is 5.75 Å². The molecule has 174 valence electrons. The first-order chi connectivity index (χ1) is 15.5. The van der Waals surface area contributed by atoms with Crippen LogP contribution in [0.1, 0.15) is 92.5 Å². The van der Waals surface area contributed by atoms with E-state index in [4.69, 9.17) is 9.15 Å². The van der Waals surface area contributed by atoms with Crippen molar-refractivity contribution in [3.05, 3.63) is 57.5 Å². The van der Waals surface area contributed by atoms with Gasteiger partial charge in [-0.2, -0.15) is 0 Å². The zero-order valence-corrected chi connectivity index (χ0v) is 18.9. The fourth-order valence-corrected chi connectivity index (χ4v) is 4.18. The number of nitrogens with one attached hydrogen (secondary N) is 1. The Morgan fingerprint density at radius 3 is 2.28 bits per heavy atom. The number of nitro benzene ring substituents is 1. The van der Waals surface area contributed by atoms with Gasteiger partial charge in [-0.25, -0.2) is 0 Å². The minimum atomic E-state index is -0.466. The Labute approximate surface area is 189 Å². The summed E-state index contributed by atoms with van der Waals surface area (Å²) in [5.74, 6) is 0.655. The van der Waals surface area contributed by atoms with Gasteiger partial charge in [0.25, 0.3) is 5.91 Å². The number of carbonyl (C=O) groups is 1. The Morgan fingerprint density at radius 2 is 1.66 bits per heavy atom. The molecule has 1 aliphatic rings. The second kappa shape index (κ2) is 12.3. The highest BCUT2D eigenvalue weighted by Gasteiger charge is 2.19. The molecule has 0 saturated heterocycles. The maximum atomic E-state index is 12.7. The van der Waals surface area contributed by atoms with Crippen LogP contribution < -0.4 is 10.1 Å². The molecule has 1 aliphatic carbocycles. The monoisotopic (exact) mass is 442 g/mol. The number of hydrogen-bond donors (Lipinski definition) is 1. The van der Waals surface area contributed by atoms with Crippen LogP contribution in [0.3, 0.4) is 0 Å². The minimum absolute atomic E-state index is 0.0145. The lowest BCUT2D eigenvalue weighted by Crippen LogP contribution is -2.34. The Hall–Kier alpha value is -2.83. The smallest absolute Gasteiger partial charge is 0.311 e. The third-order valence-electron chi connectivity index (χ3n) is 6.01. The molecular formula is C25H34N2O5. The van der Waals surface area contributed by atoms with E-state index in [1.165, 1.54) is 51.0 Å². The standard InChI is InChI=1S/C25H34N2O5/c1-19-13-15-23(22(17-19)27(29)30)31-18-21-14-16-24(32-21)25(28)26-20-11-9-7-5-3-2-4-6-8-10-12-20/h13-17,20H,2-12,18H2,1H3,(H,26,28). The van der Waals surface area contributed by atoms with Crippen molar-refractivity contribution in [2.75, 3.05) is 0 Å². The van der Waals surface area contributed by atoms with E-state index in [1.807, 2.05) is 0 Å². The van der Waals surface area contributed by atoms with E-state index in [-0.39, 0.29) is 35.8 Å². The first-order valence-electron chi connectivity index (χ1n) is 11.8. The van der Waals surface area contributed by atoms with Crippen LogP contribution >= 0.6 is 0 Å². The Balaban J connectivity index is 1.54. The van der Waals surface area contributed by atoms with Crippen LogP contribution in [0.15, 0.2) is 34.7 Å². The summed E-state index contributed by atoms with van der Waals surface area (Å²) in [7, 11) is 0. The molecule has 2 aromatic rings. The summed E-state index contributed by atoms with van der Waals surface area (Å²) in [6.45, 7) is 1.80. The maximum absolute atomic E-state index is 12.7. The average molecular weight is 443 g/mol. The van der Waals surface area contributed by atoms with Gasteiger partial charge in [-0.15, -0.1) is 0 Å². The molecule has 3 rings (SSSR count). The predicted molar refractivity (Wildman–Crippen MR) is 123 cm³/mol. The Kier molecular flexibility index (Phi) is 9.13. The topological polar surface area (TPSA) is 94.6 Å². The van der Waals surface area contributed by atoms with Crippen LogP contribution in [0.25, 0.3) is 0 Å². The van der Waals surface area contributed by atoms with Gasteiger partial charge in [-0.05, 0) is 43.5 Å². The van der Waals surface area contributed by atoms with Gasteiger partial charge in [0.1, 0.15) is 12.4 Å². The van der Waals surface area contributed by atoms with Crippen LogP contribution in [0.4, 0.5) is 5.69 Å². The van der Waals surface area contributed by atoms with Gasteiger partial charge < -0.3 is 14.5 Å². The highest BCUT2D eigenvalue weighted by atomic mass is 16.6. The highest BCUT2D eigenvalue weighted by molar-refractivity contribution is 5.91. The van der Waals surface area contributed by atoms with E-state index in [0.717, 1.165) is 31.2 Å². The predicted octanol–water partition coefficient (Wildman–Crippen LogP) is 6.48. The zero-order chi connectivity index (χ0) is 22.8. The molecule has 0 spiro atoms. The van der Waals surface area contributed by atoms with Gasteiger partial charge in [-0.1, -0.05) is 63.9 Å². The third-order valence-corrected chi connectivity index (χ3v) is 6.01. The summed E-state index contributed by atoms with van der Waals surface area (Å²) in [5, 5.41) is 14.4. The second-order valence-corrected chi connectivity index (χ2v) is 8.71. The molecule has 0 radical (unpaired) electrons. The molecule has 7 nitrogen and oxygen atoms in total. The van der Waals surface area contributed by atoms with Crippen molar-refractivity contribution in [1.82, 2.24) is 5.32 Å². The SMILES string of the molecule is Cc1ccc(OCc2ccc(C(=O)NC3CCCCCCCCCCC3)o2)c([N+](=O)[O-])c1. The number of furan rings is 1. The summed E-state index contributed by atoms with van der Waals surface area (Å²) in [6, 6.07) is 8.28. The number of nitrogens with zero attached hydrogens (tertiary/aromatic N) is 1. The van der Waals surface area contributed by atoms with Crippen LogP contribution in [-0.4, -0.2) is 16.9 Å². The quantitative estimate of drug-likeness (QED) is 0.408. The van der Waals surface area contributed by atoms with Gasteiger partial charge in [-0.3, -0.25) is 14.9 Å². The number of aryl methyl sites for hydroxylation is 1. The minimum Gasteiger partial charge on any atom is -0.479 e. The maximum Gasteiger partial charge on any atom is 0.311 e. The molecule has 0 unspecified atom stereocenters. The summed E-state index contributed by atoms with van der Waals surface area (Å²) in [4.78, 5) is 23.5. The van der Waals surface area contributed by atoms with Crippen molar-refractivity contribution >= 4 is 11.6 Å². The molecular weight excluding hydrogens is 408 g/mol. The first kappa shape index (κ1) is 23.8. The molecule has 1 saturated carbocycles. The number of ether oxygens (including phenoxy) is 1. The Morgan fingerprint density at radius 1 is 1.03 bits per heavy atom. The van der Waals surface area contributed by atoms with E-state index in [9.17, 15) is 14.9 Å². The van der Waals surface area contributed by atoms with Gasteiger partial charge in [0.05, 0.1) is 4.92 Å². The molecule has 1 aromatic heterocycles. The second-order valence-electron chi connectivity index (χ2n) is 8.71. The number of benzene rings is 1. The lowest BCUT2D eigenvalue weighted by Gasteiger charge is -2.19. The fourth-order valence-electron chi connectivity index (χ4n) is 4.18. The molecule has 32 heavy (non-hydrogen) atoms. The molecule has 7 heteroatoms. The zero-order valence-electron chi connectivity index (χ0n) is 18.9.